The highest BCUT2D eigenvalue weighted by Gasteiger charge is 2.26. The number of hydrogen-bond donors (Lipinski definition) is 0. The molecule has 2 aliphatic heterocycles. The molecule has 2 unspecified atom stereocenters. The molecule has 2 fully saturated rings. The Hall–Kier alpha value is -0.160. The number of rotatable bonds is 9. The van der Waals surface area contributed by atoms with Gasteiger partial charge in [0.05, 0.1) is 25.4 Å². The van der Waals surface area contributed by atoms with E-state index in [4.69, 9.17) is 9.47 Å². The zero-order valence-electron chi connectivity index (χ0n) is 10.5. The van der Waals surface area contributed by atoms with Gasteiger partial charge in [0.1, 0.15) is 0 Å². The topological polar surface area (TPSA) is 31.5 Å². The van der Waals surface area contributed by atoms with Crippen LogP contribution in [-0.2, 0) is 9.47 Å². The Balaban J connectivity index is 1.61. The van der Waals surface area contributed by atoms with E-state index in [-0.39, 0.29) is 0 Å². The quantitative estimate of drug-likeness (QED) is 0.536. The number of likely N-dealkylation sites (N-methyl/N-ethyl adjacent to an activating group) is 2. The lowest BCUT2D eigenvalue weighted by molar-refractivity contribution is 0.191. The Kier molecular flexibility index (Phi) is 4.58. The Morgan fingerprint density at radius 3 is 1.50 bits per heavy atom. The van der Waals surface area contributed by atoms with E-state index >= 15 is 0 Å². The molecule has 0 bridgehead atoms. The molecule has 0 amide bonds. The Labute approximate surface area is 98.5 Å². The van der Waals surface area contributed by atoms with Gasteiger partial charge in [0, 0.05) is 26.2 Å². The number of hydrogen-bond acceptors (Lipinski definition) is 4. The van der Waals surface area contributed by atoms with Crippen molar-refractivity contribution >= 4 is 0 Å². The Morgan fingerprint density at radius 1 is 0.875 bits per heavy atom. The van der Waals surface area contributed by atoms with Crippen LogP contribution < -0.4 is 0 Å². The average Bonchev–Trinajstić information content (AvgIpc) is 3.16. The molecule has 2 heterocycles. The van der Waals surface area contributed by atoms with E-state index in [0.717, 1.165) is 52.5 Å². The molecule has 0 radical (unpaired) electrons. The molecule has 0 aliphatic carbocycles. The first kappa shape index (κ1) is 12.3. The summed E-state index contributed by atoms with van der Waals surface area (Å²) in [5.41, 5.74) is 0. The SMILES string of the molecule is CCN(CCN(CC)CC1CO1)CC1CO1. The van der Waals surface area contributed by atoms with Gasteiger partial charge in [-0.25, -0.2) is 0 Å². The first-order valence-corrected chi connectivity index (χ1v) is 6.49. The van der Waals surface area contributed by atoms with Gasteiger partial charge in [-0.1, -0.05) is 13.8 Å². The van der Waals surface area contributed by atoms with Gasteiger partial charge in [0.15, 0.2) is 0 Å². The molecule has 0 aromatic heterocycles. The van der Waals surface area contributed by atoms with E-state index in [1.165, 1.54) is 0 Å². The standard InChI is InChI=1S/C12H24N2O2/c1-3-13(7-11-9-15-11)5-6-14(4-2)8-12-10-16-12/h11-12H,3-10H2,1-2H3. The van der Waals surface area contributed by atoms with E-state index < -0.39 is 0 Å². The molecule has 0 spiro atoms. The minimum atomic E-state index is 0.516. The van der Waals surface area contributed by atoms with Crippen molar-refractivity contribution in [3.63, 3.8) is 0 Å². The molecule has 2 atom stereocenters. The second-order valence-electron chi connectivity index (χ2n) is 4.70. The van der Waals surface area contributed by atoms with Crippen LogP contribution >= 0.6 is 0 Å². The van der Waals surface area contributed by atoms with Gasteiger partial charge >= 0.3 is 0 Å². The van der Waals surface area contributed by atoms with Gasteiger partial charge in [-0.15, -0.1) is 0 Å². The third kappa shape index (κ3) is 4.37. The lowest BCUT2D eigenvalue weighted by Crippen LogP contribution is -2.38. The summed E-state index contributed by atoms with van der Waals surface area (Å²) in [4.78, 5) is 4.96. The van der Waals surface area contributed by atoms with Crippen molar-refractivity contribution < 1.29 is 9.47 Å². The molecule has 0 N–H and O–H groups in total. The summed E-state index contributed by atoms with van der Waals surface area (Å²) in [6.45, 7) is 13.1. The van der Waals surface area contributed by atoms with Crippen molar-refractivity contribution in [2.45, 2.75) is 26.1 Å². The predicted octanol–water partition coefficient (Wildman–Crippen LogP) is 0.428. The van der Waals surface area contributed by atoms with Crippen molar-refractivity contribution in [2.75, 3.05) is 52.5 Å². The highest BCUT2D eigenvalue weighted by atomic mass is 16.6. The van der Waals surface area contributed by atoms with Crippen LogP contribution in [0.2, 0.25) is 0 Å². The summed E-state index contributed by atoms with van der Waals surface area (Å²) in [6, 6.07) is 0. The van der Waals surface area contributed by atoms with E-state index in [0.29, 0.717) is 12.2 Å². The molecule has 2 saturated heterocycles. The van der Waals surface area contributed by atoms with Crippen molar-refractivity contribution in [3.05, 3.63) is 0 Å². The summed E-state index contributed by atoms with van der Waals surface area (Å²) in [5.74, 6) is 0. The van der Waals surface area contributed by atoms with Crippen LogP contribution in [0.3, 0.4) is 0 Å². The van der Waals surface area contributed by atoms with Crippen LogP contribution in [0.25, 0.3) is 0 Å². The summed E-state index contributed by atoms with van der Waals surface area (Å²) < 4.78 is 10.5. The molecule has 0 aromatic rings. The monoisotopic (exact) mass is 228 g/mol. The maximum absolute atomic E-state index is 5.27. The van der Waals surface area contributed by atoms with Crippen LogP contribution in [0.5, 0.6) is 0 Å². The summed E-state index contributed by atoms with van der Waals surface area (Å²) in [5, 5.41) is 0. The van der Waals surface area contributed by atoms with Crippen LogP contribution in [0.15, 0.2) is 0 Å². The fraction of sp³-hybridized carbons (Fsp3) is 1.00. The Morgan fingerprint density at radius 2 is 1.25 bits per heavy atom. The first-order chi connectivity index (χ1) is 7.81. The van der Waals surface area contributed by atoms with E-state index in [9.17, 15) is 0 Å². The highest BCUT2D eigenvalue weighted by Crippen LogP contribution is 2.12. The van der Waals surface area contributed by atoms with Gasteiger partial charge in [0.25, 0.3) is 0 Å². The molecule has 2 aliphatic rings. The molecule has 0 aromatic carbocycles. The molecular formula is C12H24N2O2. The maximum atomic E-state index is 5.27. The Bertz CT molecular complexity index is 183. The van der Waals surface area contributed by atoms with Crippen LogP contribution in [0.1, 0.15) is 13.8 Å². The zero-order valence-corrected chi connectivity index (χ0v) is 10.5. The van der Waals surface area contributed by atoms with Gasteiger partial charge in [0.2, 0.25) is 0 Å². The van der Waals surface area contributed by atoms with Crippen molar-refractivity contribution in [1.29, 1.82) is 0 Å². The highest BCUT2D eigenvalue weighted by molar-refractivity contribution is 4.77. The van der Waals surface area contributed by atoms with Crippen LogP contribution in [0, 0.1) is 0 Å². The summed E-state index contributed by atoms with van der Waals surface area (Å²) >= 11 is 0. The third-order valence-electron chi connectivity index (χ3n) is 3.36. The van der Waals surface area contributed by atoms with Gasteiger partial charge in [-0.2, -0.15) is 0 Å². The largest absolute Gasteiger partial charge is 0.372 e. The minimum absolute atomic E-state index is 0.516. The number of nitrogens with zero attached hydrogens (tertiary/aromatic N) is 2. The van der Waals surface area contributed by atoms with Crippen LogP contribution in [-0.4, -0.2) is 74.5 Å². The van der Waals surface area contributed by atoms with Gasteiger partial charge in [-0.05, 0) is 13.1 Å². The van der Waals surface area contributed by atoms with Crippen molar-refractivity contribution in [1.82, 2.24) is 9.80 Å². The zero-order chi connectivity index (χ0) is 11.4. The normalized spacial score (nSPS) is 27.8. The molecule has 16 heavy (non-hydrogen) atoms. The molecule has 4 heteroatoms. The van der Waals surface area contributed by atoms with E-state index in [2.05, 4.69) is 23.6 Å². The number of ether oxygens (including phenoxy) is 2. The van der Waals surface area contributed by atoms with Gasteiger partial charge in [-0.3, -0.25) is 9.80 Å². The molecule has 2 rings (SSSR count). The summed E-state index contributed by atoms with van der Waals surface area (Å²) in [6.07, 6.45) is 1.03. The van der Waals surface area contributed by atoms with E-state index in [1.54, 1.807) is 0 Å². The first-order valence-electron chi connectivity index (χ1n) is 6.49. The van der Waals surface area contributed by atoms with E-state index in [1.807, 2.05) is 0 Å². The second kappa shape index (κ2) is 5.96. The maximum Gasteiger partial charge on any atom is 0.0936 e. The third-order valence-corrected chi connectivity index (χ3v) is 3.36. The second-order valence-corrected chi connectivity index (χ2v) is 4.70. The van der Waals surface area contributed by atoms with Crippen molar-refractivity contribution in [3.8, 4) is 0 Å². The van der Waals surface area contributed by atoms with Crippen LogP contribution in [0.4, 0.5) is 0 Å². The lowest BCUT2D eigenvalue weighted by atomic mass is 10.3. The average molecular weight is 228 g/mol. The smallest absolute Gasteiger partial charge is 0.0936 e. The van der Waals surface area contributed by atoms with Crippen molar-refractivity contribution in [2.24, 2.45) is 0 Å². The molecule has 4 nitrogen and oxygen atoms in total. The molecule has 94 valence electrons. The molecule has 0 saturated carbocycles. The fourth-order valence-electron chi connectivity index (χ4n) is 1.96. The molecular weight excluding hydrogens is 204 g/mol. The number of epoxide rings is 2. The fourth-order valence-corrected chi connectivity index (χ4v) is 1.96. The summed E-state index contributed by atoms with van der Waals surface area (Å²) in [7, 11) is 0. The predicted molar refractivity (Wildman–Crippen MR) is 63.7 cm³/mol. The minimum Gasteiger partial charge on any atom is -0.372 e. The lowest BCUT2D eigenvalue weighted by Gasteiger charge is -2.25. The van der Waals surface area contributed by atoms with Gasteiger partial charge < -0.3 is 9.47 Å².